The van der Waals surface area contributed by atoms with E-state index in [2.05, 4.69) is 16.8 Å². The first-order valence-electron chi connectivity index (χ1n) is 7.78. The molecule has 4 rings (SSSR count). The monoisotopic (exact) mass is 313 g/mol. The number of thiazole rings is 1. The van der Waals surface area contributed by atoms with Gasteiger partial charge in [-0.25, -0.2) is 4.98 Å². The molecule has 3 aromatic rings. The van der Waals surface area contributed by atoms with Gasteiger partial charge in [0.1, 0.15) is 15.4 Å². The first-order valence-corrected chi connectivity index (χ1v) is 8.60. The topological polar surface area (TPSA) is 49.0 Å². The third-order valence-electron chi connectivity index (χ3n) is 4.68. The number of hydrogen-bond acceptors (Lipinski definition) is 4. The van der Waals surface area contributed by atoms with E-state index in [0.29, 0.717) is 6.04 Å². The number of nitrogens with zero attached hydrogens (tertiary/aromatic N) is 2. The van der Waals surface area contributed by atoms with Gasteiger partial charge in [-0.05, 0) is 44.9 Å². The van der Waals surface area contributed by atoms with E-state index in [1.54, 1.807) is 11.3 Å². The number of nitrogens with one attached hydrogen (secondary N) is 1. The van der Waals surface area contributed by atoms with Crippen molar-refractivity contribution >= 4 is 32.5 Å². The molecule has 3 heterocycles. The largest absolute Gasteiger partial charge is 0.312 e. The van der Waals surface area contributed by atoms with E-state index in [1.807, 2.05) is 25.1 Å². The number of aromatic nitrogens is 2. The SMILES string of the molecule is Cc1cccc2c(=O)[nH]c3sc(CN4CCCC4C)nc3c12. The van der Waals surface area contributed by atoms with Crippen LogP contribution in [0.2, 0.25) is 0 Å². The number of fused-ring (bicyclic) bond motifs is 3. The number of aryl methyl sites for hydroxylation is 1. The van der Waals surface area contributed by atoms with Crippen LogP contribution in [-0.2, 0) is 6.54 Å². The average molecular weight is 313 g/mol. The molecule has 0 bridgehead atoms. The van der Waals surface area contributed by atoms with Gasteiger partial charge in [-0.1, -0.05) is 23.5 Å². The molecule has 0 radical (unpaired) electrons. The van der Waals surface area contributed by atoms with Crippen molar-refractivity contribution in [3.05, 3.63) is 39.1 Å². The van der Waals surface area contributed by atoms with E-state index in [9.17, 15) is 4.79 Å². The molecule has 1 aliphatic heterocycles. The van der Waals surface area contributed by atoms with E-state index < -0.39 is 0 Å². The van der Waals surface area contributed by atoms with Crippen LogP contribution < -0.4 is 5.56 Å². The van der Waals surface area contributed by atoms with Crippen LogP contribution in [0.15, 0.2) is 23.0 Å². The zero-order valence-electron chi connectivity index (χ0n) is 12.8. The van der Waals surface area contributed by atoms with Gasteiger partial charge in [0, 0.05) is 16.8 Å². The molecule has 22 heavy (non-hydrogen) atoms. The summed E-state index contributed by atoms with van der Waals surface area (Å²) in [4.78, 5) is 23.5. The second kappa shape index (κ2) is 5.18. The standard InChI is InChI=1S/C17H19N3OS/c1-10-5-3-7-12-14(10)15-17(19-16(12)21)22-13(18-15)9-20-8-4-6-11(20)2/h3,5,7,11H,4,6,8-9H2,1-2H3,(H,19,21). The molecule has 0 spiro atoms. The molecule has 1 fully saturated rings. The zero-order chi connectivity index (χ0) is 15.3. The van der Waals surface area contributed by atoms with Crippen LogP contribution in [0.4, 0.5) is 0 Å². The third kappa shape index (κ3) is 2.16. The van der Waals surface area contributed by atoms with E-state index in [0.717, 1.165) is 44.8 Å². The lowest BCUT2D eigenvalue weighted by molar-refractivity contribution is 0.260. The van der Waals surface area contributed by atoms with Crippen LogP contribution in [0.1, 0.15) is 30.3 Å². The van der Waals surface area contributed by atoms with Crippen molar-refractivity contribution in [1.82, 2.24) is 14.9 Å². The quantitative estimate of drug-likeness (QED) is 0.788. The summed E-state index contributed by atoms with van der Waals surface area (Å²) < 4.78 is 0. The molecule has 2 aromatic heterocycles. The fourth-order valence-corrected chi connectivity index (χ4v) is 4.42. The van der Waals surface area contributed by atoms with Crippen LogP contribution >= 0.6 is 11.3 Å². The molecule has 1 aromatic carbocycles. The maximum atomic E-state index is 12.3. The Morgan fingerprint density at radius 1 is 1.45 bits per heavy atom. The summed E-state index contributed by atoms with van der Waals surface area (Å²) in [7, 11) is 0. The maximum absolute atomic E-state index is 12.3. The van der Waals surface area contributed by atoms with E-state index in [-0.39, 0.29) is 5.56 Å². The van der Waals surface area contributed by atoms with Crippen molar-refractivity contribution in [1.29, 1.82) is 0 Å². The van der Waals surface area contributed by atoms with Gasteiger partial charge in [0.2, 0.25) is 0 Å². The Labute approximate surface area is 132 Å². The number of benzene rings is 1. The van der Waals surface area contributed by atoms with Gasteiger partial charge in [0.15, 0.2) is 0 Å². The van der Waals surface area contributed by atoms with Gasteiger partial charge in [-0.15, -0.1) is 0 Å². The van der Waals surface area contributed by atoms with Gasteiger partial charge in [0.05, 0.1) is 6.54 Å². The van der Waals surface area contributed by atoms with E-state index in [1.165, 1.54) is 12.8 Å². The predicted octanol–water partition coefficient (Wildman–Crippen LogP) is 3.43. The zero-order valence-corrected chi connectivity index (χ0v) is 13.7. The third-order valence-corrected chi connectivity index (χ3v) is 5.64. The fourth-order valence-electron chi connectivity index (χ4n) is 3.43. The van der Waals surface area contributed by atoms with Crippen molar-refractivity contribution in [2.24, 2.45) is 0 Å². The number of rotatable bonds is 2. The van der Waals surface area contributed by atoms with Crippen LogP contribution in [0.25, 0.3) is 21.1 Å². The second-order valence-corrected chi connectivity index (χ2v) is 7.28. The number of H-pyrrole nitrogens is 1. The van der Waals surface area contributed by atoms with Gasteiger partial charge >= 0.3 is 0 Å². The van der Waals surface area contributed by atoms with Gasteiger partial charge in [-0.3, -0.25) is 9.69 Å². The molecule has 4 nitrogen and oxygen atoms in total. The van der Waals surface area contributed by atoms with Gasteiger partial charge < -0.3 is 4.98 Å². The molecule has 1 aliphatic rings. The number of likely N-dealkylation sites (tertiary alicyclic amines) is 1. The normalized spacial score (nSPS) is 19.5. The van der Waals surface area contributed by atoms with Crippen molar-refractivity contribution in [3.63, 3.8) is 0 Å². The minimum absolute atomic E-state index is 0.0176. The van der Waals surface area contributed by atoms with Crippen molar-refractivity contribution in [3.8, 4) is 0 Å². The lowest BCUT2D eigenvalue weighted by Crippen LogP contribution is -2.25. The minimum atomic E-state index is -0.0176. The molecular formula is C17H19N3OS. The molecule has 5 heteroatoms. The highest BCUT2D eigenvalue weighted by Gasteiger charge is 2.22. The van der Waals surface area contributed by atoms with Crippen LogP contribution in [0, 0.1) is 6.92 Å². The summed E-state index contributed by atoms with van der Waals surface area (Å²) in [6.45, 7) is 6.35. The second-order valence-electron chi connectivity index (χ2n) is 6.20. The molecule has 114 valence electrons. The molecular weight excluding hydrogens is 294 g/mol. The Morgan fingerprint density at radius 3 is 3.09 bits per heavy atom. The average Bonchev–Trinajstić information content (AvgIpc) is 3.06. The molecule has 0 aliphatic carbocycles. The highest BCUT2D eigenvalue weighted by Crippen LogP contribution is 2.29. The summed E-state index contributed by atoms with van der Waals surface area (Å²) >= 11 is 1.62. The van der Waals surface area contributed by atoms with Crippen molar-refractivity contribution in [2.45, 2.75) is 39.3 Å². The Hall–Kier alpha value is -1.72. The van der Waals surface area contributed by atoms with Crippen LogP contribution in [-0.4, -0.2) is 27.5 Å². The predicted molar refractivity (Wildman–Crippen MR) is 91.6 cm³/mol. The van der Waals surface area contributed by atoms with E-state index >= 15 is 0 Å². The Kier molecular flexibility index (Phi) is 3.27. The van der Waals surface area contributed by atoms with Crippen molar-refractivity contribution in [2.75, 3.05) is 6.54 Å². The molecule has 1 atom stereocenters. The fraction of sp³-hybridized carbons (Fsp3) is 0.412. The number of pyridine rings is 1. The highest BCUT2D eigenvalue weighted by atomic mass is 32.1. The summed E-state index contributed by atoms with van der Waals surface area (Å²) in [5.74, 6) is 0. The maximum Gasteiger partial charge on any atom is 0.257 e. The summed E-state index contributed by atoms with van der Waals surface area (Å²) in [5.41, 5.74) is 2.04. The summed E-state index contributed by atoms with van der Waals surface area (Å²) in [6, 6.07) is 6.48. The Morgan fingerprint density at radius 2 is 2.32 bits per heavy atom. The van der Waals surface area contributed by atoms with Crippen molar-refractivity contribution < 1.29 is 0 Å². The number of aromatic amines is 1. The minimum Gasteiger partial charge on any atom is -0.312 e. The lowest BCUT2D eigenvalue weighted by Gasteiger charge is -2.18. The molecule has 1 N–H and O–H groups in total. The first-order chi connectivity index (χ1) is 10.6. The van der Waals surface area contributed by atoms with E-state index in [4.69, 9.17) is 4.98 Å². The first kappa shape index (κ1) is 13.9. The summed E-state index contributed by atoms with van der Waals surface area (Å²) in [5, 5.41) is 2.83. The molecule has 0 saturated carbocycles. The lowest BCUT2D eigenvalue weighted by atomic mass is 10.1. The highest BCUT2D eigenvalue weighted by molar-refractivity contribution is 7.18. The molecule has 1 unspecified atom stereocenters. The van der Waals surface area contributed by atoms with Crippen LogP contribution in [0.5, 0.6) is 0 Å². The molecule has 0 amide bonds. The van der Waals surface area contributed by atoms with Gasteiger partial charge in [0.25, 0.3) is 5.56 Å². The summed E-state index contributed by atoms with van der Waals surface area (Å²) in [6.07, 6.45) is 2.54. The van der Waals surface area contributed by atoms with Gasteiger partial charge in [-0.2, -0.15) is 0 Å². The molecule has 1 saturated heterocycles. The Bertz CT molecular complexity index is 911. The van der Waals surface area contributed by atoms with Crippen LogP contribution in [0.3, 0.4) is 0 Å². The Balaban J connectivity index is 1.87. The number of hydrogen-bond donors (Lipinski definition) is 1. The smallest absolute Gasteiger partial charge is 0.257 e.